The van der Waals surface area contributed by atoms with Crippen LogP contribution in [0, 0.1) is 0 Å². The van der Waals surface area contributed by atoms with Gasteiger partial charge in [-0.05, 0) is 49.9 Å². The van der Waals surface area contributed by atoms with Gasteiger partial charge in [-0.15, -0.1) is 0 Å². The van der Waals surface area contributed by atoms with Crippen molar-refractivity contribution in [3.05, 3.63) is 33.8 Å². The average Bonchev–Trinajstić information content (AvgIpc) is 2.65. The number of rotatable bonds is 1. The summed E-state index contributed by atoms with van der Waals surface area (Å²) < 4.78 is 1.10. The lowest BCUT2D eigenvalue weighted by atomic mass is 9.78. The molecule has 1 unspecified atom stereocenters. The molecule has 1 aromatic carbocycles. The van der Waals surface area contributed by atoms with Crippen molar-refractivity contribution in [1.29, 1.82) is 0 Å². The molecule has 1 fully saturated rings. The van der Waals surface area contributed by atoms with Crippen LogP contribution in [0.4, 0.5) is 0 Å². The Balaban J connectivity index is 1.89. The summed E-state index contributed by atoms with van der Waals surface area (Å²) in [4.78, 5) is 16.8. The van der Waals surface area contributed by atoms with Crippen LogP contribution in [-0.2, 0) is 17.6 Å². The molecular formula is C15H18BrN3O. The van der Waals surface area contributed by atoms with Gasteiger partial charge in [0, 0.05) is 16.9 Å². The van der Waals surface area contributed by atoms with Crippen molar-refractivity contribution in [2.45, 2.75) is 44.7 Å². The Morgan fingerprint density at radius 2 is 2.15 bits per heavy atom. The number of aliphatic imine (C=N–C) groups is 1. The standard InChI is InChI=1S/C15H18BrN3O/c1-9(2)17-14-18-13(20)15(19-14)6-5-10-7-12(16)4-3-11(10)8-15/h3-4,7,9H,5-6,8H2,1-2H3,(H2,17,18,19,20). The molecule has 1 aromatic rings. The number of aryl methyl sites for hydroxylation is 1. The Kier molecular flexibility index (Phi) is 3.32. The van der Waals surface area contributed by atoms with Crippen LogP contribution < -0.4 is 10.6 Å². The monoisotopic (exact) mass is 335 g/mol. The zero-order valence-electron chi connectivity index (χ0n) is 11.7. The van der Waals surface area contributed by atoms with Crippen LogP contribution in [-0.4, -0.2) is 23.4 Å². The van der Waals surface area contributed by atoms with Crippen LogP contribution >= 0.6 is 15.9 Å². The smallest absolute Gasteiger partial charge is 0.252 e. The van der Waals surface area contributed by atoms with Crippen LogP contribution in [0.1, 0.15) is 31.4 Å². The van der Waals surface area contributed by atoms with Gasteiger partial charge in [0.25, 0.3) is 5.91 Å². The predicted molar refractivity (Wildman–Crippen MR) is 82.7 cm³/mol. The second-order valence-electron chi connectivity index (χ2n) is 5.82. The van der Waals surface area contributed by atoms with Gasteiger partial charge in [0.1, 0.15) is 5.54 Å². The van der Waals surface area contributed by atoms with Crippen molar-refractivity contribution in [3.63, 3.8) is 0 Å². The number of carbonyl (C=O) groups excluding carboxylic acids is 1. The van der Waals surface area contributed by atoms with Gasteiger partial charge in [-0.3, -0.25) is 15.1 Å². The van der Waals surface area contributed by atoms with Gasteiger partial charge in [0.2, 0.25) is 0 Å². The quantitative estimate of drug-likeness (QED) is 0.826. The largest absolute Gasteiger partial charge is 0.341 e. The maximum absolute atomic E-state index is 12.4. The van der Waals surface area contributed by atoms with Crippen LogP contribution in [0.25, 0.3) is 0 Å². The lowest BCUT2D eigenvalue weighted by molar-refractivity contribution is -0.124. The van der Waals surface area contributed by atoms with Gasteiger partial charge < -0.3 is 5.32 Å². The van der Waals surface area contributed by atoms with Gasteiger partial charge in [-0.25, -0.2) is 0 Å². The molecule has 2 aliphatic rings. The number of nitrogens with zero attached hydrogens (tertiary/aromatic N) is 1. The normalized spacial score (nSPS) is 26.8. The number of nitrogens with one attached hydrogen (secondary N) is 2. The fourth-order valence-electron chi connectivity index (χ4n) is 2.93. The highest BCUT2D eigenvalue weighted by Crippen LogP contribution is 2.32. The van der Waals surface area contributed by atoms with Crippen molar-refractivity contribution >= 4 is 27.8 Å². The van der Waals surface area contributed by atoms with Crippen molar-refractivity contribution in [2.24, 2.45) is 4.99 Å². The molecule has 2 N–H and O–H groups in total. The molecule has 1 spiro atoms. The first-order valence-corrected chi connectivity index (χ1v) is 7.72. The van der Waals surface area contributed by atoms with Gasteiger partial charge in [0.05, 0.1) is 0 Å². The van der Waals surface area contributed by atoms with E-state index in [1.807, 2.05) is 19.9 Å². The molecule has 1 atom stereocenters. The second kappa shape index (κ2) is 4.88. The van der Waals surface area contributed by atoms with Crippen LogP contribution in [0.15, 0.2) is 27.7 Å². The SMILES string of the molecule is CC(C)N=C1NC(=O)C2(CCc3cc(Br)ccc3C2)N1. The minimum atomic E-state index is -0.519. The number of benzene rings is 1. The molecule has 106 valence electrons. The summed E-state index contributed by atoms with van der Waals surface area (Å²) in [6, 6.07) is 6.46. The molecular weight excluding hydrogens is 318 g/mol. The number of amides is 1. The van der Waals surface area contributed by atoms with Crippen molar-refractivity contribution in [1.82, 2.24) is 10.6 Å². The Morgan fingerprint density at radius 1 is 1.35 bits per heavy atom. The lowest BCUT2D eigenvalue weighted by Crippen LogP contribution is -2.51. The topological polar surface area (TPSA) is 53.5 Å². The third-order valence-electron chi connectivity index (χ3n) is 3.89. The third kappa shape index (κ3) is 2.35. The number of hydrogen-bond acceptors (Lipinski definition) is 2. The van der Waals surface area contributed by atoms with E-state index in [-0.39, 0.29) is 11.9 Å². The molecule has 1 heterocycles. The minimum absolute atomic E-state index is 0.0467. The highest BCUT2D eigenvalue weighted by atomic mass is 79.9. The van der Waals surface area contributed by atoms with E-state index in [0.29, 0.717) is 5.96 Å². The van der Waals surface area contributed by atoms with Gasteiger partial charge in [0.15, 0.2) is 5.96 Å². The summed E-state index contributed by atoms with van der Waals surface area (Å²) in [5.41, 5.74) is 2.05. The Bertz CT molecular complexity index is 597. The summed E-state index contributed by atoms with van der Waals surface area (Å²) in [7, 11) is 0. The summed E-state index contributed by atoms with van der Waals surface area (Å²) in [5, 5.41) is 6.20. The van der Waals surface area contributed by atoms with E-state index in [4.69, 9.17) is 0 Å². The molecule has 0 aromatic heterocycles. The highest BCUT2D eigenvalue weighted by Gasteiger charge is 2.46. The summed E-state index contributed by atoms with van der Waals surface area (Å²) in [6.45, 7) is 4.00. The predicted octanol–water partition coefficient (Wildman–Crippen LogP) is 2.16. The van der Waals surface area contributed by atoms with Crippen LogP contribution in [0.2, 0.25) is 0 Å². The lowest BCUT2D eigenvalue weighted by Gasteiger charge is -2.32. The molecule has 0 bridgehead atoms. The van der Waals surface area contributed by atoms with Crippen molar-refractivity contribution in [3.8, 4) is 0 Å². The minimum Gasteiger partial charge on any atom is -0.341 e. The van der Waals surface area contributed by atoms with E-state index >= 15 is 0 Å². The number of hydrogen-bond donors (Lipinski definition) is 2. The summed E-state index contributed by atoms with van der Waals surface area (Å²) in [6.07, 6.45) is 2.43. The van der Waals surface area contributed by atoms with Crippen LogP contribution in [0.3, 0.4) is 0 Å². The van der Waals surface area contributed by atoms with E-state index in [9.17, 15) is 4.79 Å². The van der Waals surface area contributed by atoms with E-state index in [0.717, 1.165) is 23.7 Å². The third-order valence-corrected chi connectivity index (χ3v) is 4.39. The molecule has 0 radical (unpaired) electrons. The molecule has 1 saturated heterocycles. The Morgan fingerprint density at radius 3 is 2.90 bits per heavy atom. The highest BCUT2D eigenvalue weighted by molar-refractivity contribution is 9.10. The zero-order valence-corrected chi connectivity index (χ0v) is 13.3. The molecule has 1 aliphatic heterocycles. The fourth-order valence-corrected chi connectivity index (χ4v) is 3.33. The average molecular weight is 336 g/mol. The maximum Gasteiger partial charge on any atom is 0.252 e. The Hall–Kier alpha value is -1.36. The van der Waals surface area contributed by atoms with Gasteiger partial charge in [-0.1, -0.05) is 22.0 Å². The van der Waals surface area contributed by atoms with Crippen LogP contribution in [0.5, 0.6) is 0 Å². The summed E-state index contributed by atoms with van der Waals surface area (Å²) >= 11 is 3.50. The van der Waals surface area contributed by atoms with E-state index < -0.39 is 5.54 Å². The summed E-state index contributed by atoms with van der Waals surface area (Å²) in [5.74, 6) is 0.663. The van der Waals surface area contributed by atoms with Crippen molar-refractivity contribution < 1.29 is 4.79 Å². The van der Waals surface area contributed by atoms with Gasteiger partial charge in [-0.2, -0.15) is 0 Å². The molecule has 1 amide bonds. The second-order valence-corrected chi connectivity index (χ2v) is 6.74. The molecule has 1 aliphatic carbocycles. The van der Waals surface area contributed by atoms with Crippen molar-refractivity contribution in [2.75, 3.05) is 0 Å². The molecule has 20 heavy (non-hydrogen) atoms. The Labute approximate surface area is 127 Å². The number of fused-ring (bicyclic) bond motifs is 1. The number of halogens is 1. The first-order chi connectivity index (χ1) is 9.48. The first kappa shape index (κ1) is 13.6. The zero-order chi connectivity index (χ0) is 14.3. The van der Waals surface area contributed by atoms with E-state index in [2.05, 4.69) is 43.7 Å². The maximum atomic E-state index is 12.4. The van der Waals surface area contributed by atoms with Gasteiger partial charge >= 0.3 is 0 Å². The first-order valence-electron chi connectivity index (χ1n) is 6.93. The molecule has 3 rings (SSSR count). The fraction of sp³-hybridized carbons (Fsp3) is 0.467. The number of carbonyl (C=O) groups is 1. The number of guanidine groups is 1. The molecule has 0 saturated carbocycles. The molecule has 4 nitrogen and oxygen atoms in total. The van der Waals surface area contributed by atoms with E-state index in [1.54, 1.807) is 0 Å². The molecule has 5 heteroatoms. The van der Waals surface area contributed by atoms with E-state index in [1.165, 1.54) is 11.1 Å².